The molecule has 2 aromatic carbocycles. The third kappa shape index (κ3) is 7.98. The zero-order valence-electron chi connectivity index (χ0n) is 27.3. The third-order valence-corrected chi connectivity index (χ3v) is 9.07. The lowest BCUT2D eigenvalue weighted by Crippen LogP contribution is -2.34. The monoisotopic (exact) mass is 606 g/mol. The predicted octanol–water partition coefficient (Wildman–Crippen LogP) is 4.50. The molecule has 0 atom stereocenters. The molecule has 2 aromatic rings. The number of benzene rings is 2. The number of amides is 2. The van der Waals surface area contributed by atoms with Crippen LogP contribution in [0, 0.1) is 11.3 Å². The lowest BCUT2D eigenvalue weighted by atomic mass is 9.89. The summed E-state index contributed by atoms with van der Waals surface area (Å²) in [5.41, 5.74) is 6.58. The standard InChI is InChI=1S/C37H46N6O2/c1-39(2)36(44)30-9-5-8-29(11-12-30)35-25-31(37(45)43-19-7-17-41(4)21-23-43)13-15-34(35)33-14-10-28(24-32(33)26-38)27-42-18-6-16-40(3)20-22-42/h8-15,24-25H,5-7,16-23,27H2,1-4H3. The van der Waals surface area contributed by atoms with Gasteiger partial charge in [0.2, 0.25) is 0 Å². The summed E-state index contributed by atoms with van der Waals surface area (Å²) in [7, 11) is 7.77. The predicted molar refractivity (Wildman–Crippen MR) is 181 cm³/mol. The summed E-state index contributed by atoms with van der Waals surface area (Å²) in [4.78, 5) is 37.1. The Kier molecular flexibility index (Phi) is 10.7. The fourth-order valence-corrected chi connectivity index (χ4v) is 6.36. The number of carbonyl (C=O) groups excluding carboxylic acids is 2. The lowest BCUT2D eigenvalue weighted by Gasteiger charge is -2.22. The molecule has 3 aliphatic rings. The highest BCUT2D eigenvalue weighted by atomic mass is 16.2. The summed E-state index contributed by atoms with van der Waals surface area (Å²) in [6.07, 6.45) is 10.5. The van der Waals surface area contributed by atoms with Crippen LogP contribution in [0.15, 0.2) is 66.3 Å². The first kappa shape index (κ1) is 32.4. The van der Waals surface area contributed by atoms with Gasteiger partial charge in [-0.2, -0.15) is 5.26 Å². The summed E-state index contributed by atoms with van der Waals surface area (Å²) < 4.78 is 0. The maximum atomic E-state index is 13.8. The Morgan fingerprint density at radius 3 is 2.29 bits per heavy atom. The van der Waals surface area contributed by atoms with E-state index < -0.39 is 0 Å². The van der Waals surface area contributed by atoms with Gasteiger partial charge in [-0.3, -0.25) is 14.5 Å². The van der Waals surface area contributed by atoms with Gasteiger partial charge in [-0.1, -0.05) is 36.4 Å². The maximum Gasteiger partial charge on any atom is 0.253 e. The number of nitrogens with zero attached hydrogens (tertiary/aromatic N) is 6. The molecule has 5 rings (SSSR count). The average molecular weight is 607 g/mol. The van der Waals surface area contributed by atoms with Crippen LogP contribution in [0.25, 0.3) is 16.7 Å². The van der Waals surface area contributed by atoms with Crippen LogP contribution in [-0.4, -0.2) is 117 Å². The Balaban J connectivity index is 1.51. The summed E-state index contributed by atoms with van der Waals surface area (Å²) in [6, 6.07) is 14.5. The van der Waals surface area contributed by atoms with Crippen LogP contribution < -0.4 is 0 Å². The normalized spacial score (nSPS) is 18.7. The first-order valence-corrected chi connectivity index (χ1v) is 16.1. The van der Waals surface area contributed by atoms with E-state index in [1.54, 1.807) is 19.0 Å². The molecule has 2 fully saturated rings. The molecule has 0 bridgehead atoms. The summed E-state index contributed by atoms with van der Waals surface area (Å²) >= 11 is 0. The number of likely N-dealkylation sites (N-methyl/N-ethyl adjacent to an activating group) is 3. The number of nitriles is 1. The molecular formula is C37H46N6O2. The van der Waals surface area contributed by atoms with E-state index in [1.165, 1.54) is 0 Å². The van der Waals surface area contributed by atoms with Crippen molar-refractivity contribution >= 4 is 17.4 Å². The van der Waals surface area contributed by atoms with Gasteiger partial charge in [0.25, 0.3) is 11.8 Å². The van der Waals surface area contributed by atoms with Gasteiger partial charge in [0.1, 0.15) is 0 Å². The smallest absolute Gasteiger partial charge is 0.253 e. The van der Waals surface area contributed by atoms with Gasteiger partial charge in [-0.15, -0.1) is 0 Å². The van der Waals surface area contributed by atoms with Crippen molar-refractivity contribution in [1.82, 2.24) is 24.5 Å². The van der Waals surface area contributed by atoms with Crippen molar-refractivity contribution in [2.75, 3.05) is 80.5 Å². The molecule has 2 heterocycles. The summed E-state index contributed by atoms with van der Waals surface area (Å²) in [5.74, 6) is -0.0218. The van der Waals surface area contributed by atoms with E-state index in [0.29, 0.717) is 29.7 Å². The van der Waals surface area contributed by atoms with Crippen molar-refractivity contribution in [2.24, 2.45) is 0 Å². The molecule has 236 valence electrons. The Morgan fingerprint density at radius 1 is 0.800 bits per heavy atom. The Morgan fingerprint density at radius 2 is 1.53 bits per heavy atom. The molecule has 45 heavy (non-hydrogen) atoms. The van der Waals surface area contributed by atoms with Crippen LogP contribution in [0.3, 0.4) is 0 Å². The maximum absolute atomic E-state index is 13.8. The van der Waals surface area contributed by atoms with Crippen molar-refractivity contribution in [3.8, 4) is 17.2 Å². The van der Waals surface area contributed by atoms with Gasteiger partial charge in [-0.05, 0) is 99.5 Å². The number of hydrogen-bond acceptors (Lipinski definition) is 6. The van der Waals surface area contributed by atoms with E-state index in [2.05, 4.69) is 53.1 Å². The fraction of sp³-hybridized carbons (Fsp3) is 0.432. The Hall–Kier alpha value is -4.03. The van der Waals surface area contributed by atoms with Crippen LogP contribution in [-0.2, 0) is 11.3 Å². The number of carbonyl (C=O) groups is 2. The third-order valence-electron chi connectivity index (χ3n) is 9.07. The van der Waals surface area contributed by atoms with Crippen molar-refractivity contribution in [2.45, 2.75) is 25.8 Å². The first-order valence-electron chi connectivity index (χ1n) is 16.1. The highest BCUT2D eigenvalue weighted by Gasteiger charge is 2.22. The van der Waals surface area contributed by atoms with E-state index in [0.717, 1.165) is 93.0 Å². The Labute approximate surface area is 268 Å². The SMILES string of the molecule is CN1CCCN(Cc2ccc(-c3ccc(C(=O)N4CCCN(C)CC4)cc3C3=CCC=C(C(=O)N(C)C)C=C3)c(C#N)c2)CC1. The molecule has 0 radical (unpaired) electrons. The average Bonchev–Trinajstić information content (AvgIpc) is 3.51. The van der Waals surface area contributed by atoms with Crippen LogP contribution >= 0.6 is 0 Å². The minimum absolute atomic E-state index is 0.0249. The Bertz CT molecular complexity index is 1550. The number of allylic oxidation sites excluding steroid dienone is 4. The second-order valence-corrected chi connectivity index (χ2v) is 12.7. The van der Waals surface area contributed by atoms with Crippen LogP contribution in [0.2, 0.25) is 0 Å². The fourth-order valence-electron chi connectivity index (χ4n) is 6.36. The minimum Gasteiger partial charge on any atom is -0.345 e. The largest absolute Gasteiger partial charge is 0.345 e. The van der Waals surface area contributed by atoms with Crippen molar-refractivity contribution in [1.29, 1.82) is 5.26 Å². The highest BCUT2D eigenvalue weighted by Crippen LogP contribution is 2.35. The second kappa shape index (κ2) is 14.8. The molecule has 1 aliphatic carbocycles. The van der Waals surface area contributed by atoms with Crippen LogP contribution in [0.1, 0.15) is 46.3 Å². The van der Waals surface area contributed by atoms with E-state index in [4.69, 9.17) is 0 Å². The van der Waals surface area contributed by atoms with E-state index in [-0.39, 0.29) is 11.8 Å². The second-order valence-electron chi connectivity index (χ2n) is 12.7. The van der Waals surface area contributed by atoms with E-state index in [1.807, 2.05) is 47.4 Å². The van der Waals surface area contributed by atoms with Crippen molar-refractivity contribution in [3.05, 3.63) is 88.5 Å². The van der Waals surface area contributed by atoms with Gasteiger partial charge >= 0.3 is 0 Å². The molecule has 2 amide bonds. The molecule has 8 nitrogen and oxygen atoms in total. The highest BCUT2D eigenvalue weighted by molar-refractivity contribution is 6.00. The van der Waals surface area contributed by atoms with E-state index >= 15 is 0 Å². The number of hydrogen-bond donors (Lipinski definition) is 0. The molecular weight excluding hydrogens is 560 g/mol. The first-order chi connectivity index (χ1) is 21.7. The lowest BCUT2D eigenvalue weighted by molar-refractivity contribution is -0.124. The van der Waals surface area contributed by atoms with E-state index in [9.17, 15) is 14.9 Å². The molecule has 2 aliphatic heterocycles. The van der Waals surface area contributed by atoms with Gasteiger partial charge < -0.3 is 19.6 Å². The number of rotatable bonds is 6. The molecule has 0 spiro atoms. The quantitative estimate of drug-likeness (QED) is 0.482. The van der Waals surface area contributed by atoms with Gasteiger partial charge in [0, 0.05) is 70.1 Å². The molecule has 0 N–H and O–H groups in total. The topological polar surface area (TPSA) is 74.1 Å². The molecule has 8 heteroatoms. The zero-order chi connectivity index (χ0) is 31.9. The van der Waals surface area contributed by atoms with Crippen LogP contribution in [0.5, 0.6) is 0 Å². The van der Waals surface area contributed by atoms with Gasteiger partial charge in [-0.25, -0.2) is 0 Å². The molecule has 0 unspecified atom stereocenters. The van der Waals surface area contributed by atoms with Gasteiger partial charge in [0.05, 0.1) is 11.6 Å². The molecule has 0 aromatic heterocycles. The van der Waals surface area contributed by atoms with Crippen molar-refractivity contribution < 1.29 is 9.59 Å². The summed E-state index contributed by atoms with van der Waals surface area (Å²) in [5, 5.41) is 10.3. The van der Waals surface area contributed by atoms with Crippen molar-refractivity contribution in [3.63, 3.8) is 0 Å². The minimum atomic E-state index is -0.0467. The molecule has 2 saturated heterocycles. The van der Waals surface area contributed by atoms with Crippen LogP contribution in [0.4, 0.5) is 0 Å². The summed E-state index contributed by atoms with van der Waals surface area (Å²) in [6.45, 7) is 8.30. The molecule has 0 saturated carbocycles. The zero-order valence-corrected chi connectivity index (χ0v) is 27.3. The van der Waals surface area contributed by atoms with Gasteiger partial charge in [0.15, 0.2) is 0 Å².